The number of aliphatic imine (C=N–C) groups is 2. The molecule has 0 aliphatic rings. The number of carbonyl (C=O) groups is 18. The van der Waals surface area contributed by atoms with Crippen LogP contribution in [0.5, 0.6) is 0 Å². The lowest BCUT2D eigenvalue weighted by molar-refractivity contribution is -0.139. The fourth-order valence-corrected chi connectivity index (χ4v) is 11.2. The van der Waals surface area contributed by atoms with Crippen molar-refractivity contribution < 1.29 is 96.5 Å². The molecule has 0 spiro atoms. The lowest BCUT2D eigenvalue weighted by Crippen LogP contribution is -2.60. The van der Waals surface area contributed by atoms with Crippen LogP contribution in [0.3, 0.4) is 0 Å². The third-order valence-corrected chi connectivity index (χ3v) is 18.0. The number of hydrogen-bond acceptors (Lipinski definition) is 21. The molecule has 8 atom stereocenters. The molecule has 0 saturated carbocycles. The Kier molecular flexibility index (Phi) is 60.6. The van der Waals surface area contributed by atoms with Gasteiger partial charge in [0, 0.05) is 97.4 Å². The van der Waals surface area contributed by atoms with E-state index in [1.54, 1.807) is 0 Å². The second-order valence-corrected chi connectivity index (χ2v) is 28.0. The van der Waals surface area contributed by atoms with Crippen LogP contribution in [-0.2, 0) is 86.3 Å². The minimum atomic E-state index is -1.80. The van der Waals surface area contributed by atoms with Gasteiger partial charge >= 0.3 is 11.9 Å². The van der Waals surface area contributed by atoms with Crippen molar-refractivity contribution in [2.75, 3.05) is 89.0 Å². The molecule has 47 heteroatoms. The zero-order valence-corrected chi connectivity index (χ0v) is 69.0. The maximum atomic E-state index is 15.0. The number of carboxylic acids is 2. The third-order valence-electron chi connectivity index (χ3n) is 17.1. The number of primary amides is 1. The van der Waals surface area contributed by atoms with Gasteiger partial charge in [-0.3, -0.25) is 96.3 Å². The quantitative estimate of drug-likeness (QED) is 0.0117. The second kappa shape index (κ2) is 66.2. The Balaban J connectivity index is 7.69. The zero-order chi connectivity index (χ0) is 87.9. The Morgan fingerprint density at radius 2 is 0.496 bits per heavy atom. The van der Waals surface area contributed by atoms with Gasteiger partial charge in [0.05, 0.1) is 0 Å². The van der Waals surface area contributed by atoms with Gasteiger partial charge in [-0.2, -0.15) is 0 Å². The first-order valence-corrected chi connectivity index (χ1v) is 40.9. The Bertz CT molecular complexity index is 3230. The highest BCUT2D eigenvalue weighted by Gasteiger charge is 2.35. The topological polar surface area (TPSA) is 709 Å². The number of amides is 16. The van der Waals surface area contributed by atoms with Gasteiger partial charge in [-0.05, 0) is 148 Å². The van der Waals surface area contributed by atoms with E-state index >= 15 is 4.79 Å². The van der Waals surface area contributed by atoms with E-state index in [0.717, 1.165) is 0 Å². The Morgan fingerprint density at radius 3 is 0.786 bits per heavy atom. The fourth-order valence-electron chi connectivity index (χ4n) is 10.9. The molecule has 0 unspecified atom stereocenters. The van der Waals surface area contributed by atoms with Crippen molar-refractivity contribution >= 4 is 165 Å². The van der Waals surface area contributed by atoms with Gasteiger partial charge in [0.2, 0.25) is 94.5 Å². The van der Waals surface area contributed by atoms with E-state index in [0.29, 0.717) is 25.7 Å². The summed E-state index contributed by atoms with van der Waals surface area (Å²) in [5.41, 5.74) is 33.4. The number of rotatable bonds is 69. The number of guanidine groups is 2. The number of carbonyl (C=O) groups excluding carboxylic acids is 16. The van der Waals surface area contributed by atoms with Gasteiger partial charge in [-0.1, -0.05) is 0 Å². The molecule has 0 heterocycles. The van der Waals surface area contributed by atoms with E-state index in [2.05, 4.69) is 89.7 Å². The van der Waals surface area contributed by atoms with Gasteiger partial charge in [0.15, 0.2) is 11.9 Å². The fraction of sp³-hybridized carbons (Fsp3) is 0.714. The number of nitrogens with two attached hydrogens (primary N) is 6. The van der Waals surface area contributed by atoms with Crippen LogP contribution in [0.15, 0.2) is 9.98 Å². The third kappa shape index (κ3) is 56.2. The number of carboxylic acid groups (broad SMARTS) is 2. The molecule has 117 heavy (non-hydrogen) atoms. The summed E-state index contributed by atoms with van der Waals surface area (Å²) in [7, 11) is 0. The summed E-state index contributed by atoms with van der Waals surface area (Å²) >= 11 is 22.2. The molecule has 664 valence electrons. The second-order valence-electron chi connectivity index (χ2n) is 26.9. The SMILES string of the molecule is NCCCC[C@H](NC(=O)[C@H](CCCCNC(=O)[C@H](CCCCNC(=O)CCCNC(=O)CCl)NC(=O)CCCNC(=O)CCl)NC(=O)[C@H](CCCCNC(=O)CCCNC(=O)CCl)NC(=O)CCCNC(=O)CCl)C(=O)N[C@@H](CCCN=C(N)N)C(=O)N[C@@H](CCC(=O)O)C(=O)N[C@@H](CCCN=C(N)N)C(=O)N[C@@H](CCC(=O)O)C(N)=O. The smallest absolute Gasteiger partial charge is 0.303 e. The summed E-state index contributed by atoms with van der Waals surface area (Å²) in [5, 5.41) is 58.1. The predicted octanol–water partition coefficient (Wildman–Crippen LogP) is -5.28. The molecule has 0 saturated heterocycles. The number of aliphatic carboxylic acids is 2. The lowest BCUT2D eigenvalue weighted by atomic mass is 10.0. The van der Waals surface area contributed by atoms with Crippen LogP contribution in [-0.4, -0.2) is 266 Å². The van der Waals surface area contributed by atoms with Crippen molar-refractivity contribution in [3.8, 4) is 0 Å². The molecule has 43 nitrogen and oxygen atoms in total. The normalized spacial score (nSPS) is 12.8. The van der Waals surface area contributed by atoms with Gasteiger partial charge in [-0.15, -0.1) is 46.4 Å². The lowest BCUT2D eigenvalue weighted by Gasteiger charge is -2.28. The number of alkyl halides is 4. The molecule has 0 aromatic carbocycles. The van der Waals surface area contributed by atoms with Gasteiger partial charge in [0.1, 0.15) is 71.9 Å². The van der Waals surface area contributed by atoms with E-state index in [1.807, 2.05) is 0 Å². The molecule has 0 bridgehead atoms. The van der Waals surface area contributed by atoms with Crippen molar-refractivity contribution in [2.24, 2.45) is 44.4 Å². The highest BCUT2D eigenvalue weighted by atomic mass is 35.5. The first-order valence-electron chi connectivity index (χ1n) is 38.8. The highest BCUT2D eigenvalue weighted by Crippen LogP contribution is 2.13. The standard InChI is InChI=1S/C70H121Cl4N23O20/c71-39-55(102)83-33-11-21-51(98)81-30-6-2-16-44(90-53(100)23-13-35-85-57(104)41-73)62(111)87-32-8-4-18-47(93-63(112)45(91-54(101)24-14-36-86-58(105)42-74)17-3-7-31-82-52(99)22-12-34-84-56(103)40-72)66(115)94-46(15-1-5-29-75)65(114)95-49(20-10-38-89-70(79)80)67(116)97-50(26-28-60(108)109)68(117)96-48(19-9-37-88-69(77)78)64(113)92-43(61(76)110)25-27-59(106)107/h43-50H,1-42,75H2,(H2,76,110)(H,81,98)(H,82,99)(H,83,102)(H,84,103)(H,85,104)(H,86,105)(H,87,111)(H,90,100)(H,91,101)(H,92,113)(H,93,112)(H,94,115)(H,95,114)(H,96,117)(H,97,116)(H,106,107)(H,108,109)(H4,77,78,88)(H4,79,80,89)/t43-,44-,45-,46-,47-,48-,49-,50-/m0/s1. The summed E-state index contributed by atoms with van der Waals surface area (Å²) in [5.74, 6) is -16.0. The summed E-state index contributed by atoms with van der Waals surface area (Å²) in [6, 6.07) is -12.2. The minimum Gasteiger partial charge on any atom is -0.481 e. The van der Waals surface area contributed by atoms with Crippen molar-refractivity contribution in [1.82, 2.24) is 79.8 Å². The van der Waals surface area contributed by atoms with Gasteiger partial charge in [0.25, 0.3) is 0 Å². The first-order chi connectivity index (χ1) is 55.7. The Hall–Kier alpha value is -9.88. The van der Waals surface area contributed by atoms with E-state index in [-0.39, 0.29) is 247 Å². The summed E-state index contributed by atoms with van der Waals surface area (Å²) in [4.78, 5) is 244. The summed E-state index contributed by atoms with van der Waals surface area (Å²) in [6.07, 6.45) is -0.851. The van der Waals surface area contributed by atoms with Crippen molar-refractivity contribution in [3.05, 3.63) is 0 Å². The molecule has 29 N–H and O–H groups in total. The minimum absolute atomic E-state index is 0.00545. The molecule has 0 rings (SSSR count). The number of hydrogen-bond donors (Lipinski definition) is 23. The molecule has 16 amide bonds. The molecule has 0 aliphatic heterocycles. The number of unbranched alkanes of at least 4 members (excludes halogenated alkanes) is 4. The molecule has 0 aliphatic carbocycles. The van der Waals surface area contributed by atoms with E-state index in [1.165, 1.54) is 0 Å². The van der Waals surface area contributed by atoms with Crippen LogP contribution in [0, 0.1) is 0 Å². The number of nitrogens with zero attached hydrogens (tertiary/aromatic N) is 2. The van der Waals surface area contributed by atoms with Crippen LogP contribution >= 0.6 is 46.4 Å². The van der Waals surface area contributed by atoms with Crippen LogP contribution < -0.4 is 114 Å². The molecule has 0 aromatic heterocycles. The zero-order valence-electron chi connectivity index (χ0n) is 65.9. The number of nitrogens with one attached hydrogen (secondary N) is 15. The first kappa shape index (κ1) is 107. The van der Waals surface area contributed by atoms with E-state index in [9.17, 15) is 91.7 Å². The summed E-state index contributed by atoms with van der Waals surface area (Å²) in [6.45, 7) is 0.724. The Labute approximate surface area is 699 Å². The maximum Gasteiger partial charge on any atom is 0.303 e. The molecule has 0 radical (unpaired) electrons. The van der Waals surface area contributed by atoms with Gasteiger partial charge < -0.3 is 124 Å². The van der Waals surface area contributed by atoms with Gasteiger partial charge in [-0.25, -0.2) is 0 Å². The van der Waals surface area contributed by atoms with Crippen LogP contribution in [0.2, 0.25) is 0 Å². The monoisotopic (exact) mass is 1740 g/mol. The average molecular weight is 1750 g/mol. The highest BCUT2D eigenvalue weighted by molar-refractivity contribution is 6.28. The van der Waals surface area contributed by atoms with Crippen molar-refractivity contribution in [2.45, 2.75) is 228 Å². The van der Waals surface area contributed by atoms with E-state index < -0.39 is 163 Å². The molecular formula is C70H121Cl4N23O20. The van der Waals surface area contributed by atoms with Crippen LogP contribution in [0.25, 0.3) is 0 Å². The van der Waals surface area contributed by atoms with E-state index in [4.69, 9.17) is 80.8 Å². The number of halogens is 4. The van der Waals surface area contributed by atoms with Crippen molar-refractivity contribution in [3.63, 3.8) is 0 Å². The summed E-state index contributed by atoms with van der Waals surface area (Å²) < 4.78 is 0. The predicted molar refractivity (Wildman–Crippen MR) is 434 cm³/mol. The van der Waals surface area contributed by atoms with Crippen LogP contribution in [0.4, 0.5) is 0 Å². The Morgan fingerprint density at radius 1 is 0.256 bits per heavy atom. The molecular weight excluding hydrogens is 1620 g/mol. The average Bonchev–Trinajstić information content (AvgIpc) is 0.858. The maximum absolute atomic E-state index is 15.0. The molecule has 0 aromatic rings. The largest absolute Gasteiger partial charge is 0.481 e. The van der Waals surface area contributed by atoms with Crippen molar-refractivity contribution in [1.29, 1.82) is 0 Å². The van der Waals surface area contributed by atoms with Crippen LogP contribution in [0.1, 0.15) is 180 Å². The molecule has 0 fully saturated rings.